The summed E-state index contributed by atoms with van der Waals surface area (Å²) in [6.07, 6.45) is 0. The summed E-state index contributed by atoms with van der Waals surface area (Å²) in [6.45, 7) is 1.60. The van der Waals surface area contributed by atoms with Gasteiger partial charge in [0.2, 0.25) is 0 Å². The van der Waals surface area contributed by atoms with Gasteiger partial charge in [0.25, 0.3) is 5.91 Å². The van der Waals surface area contributed by atoms with Crippen LogP contribution in [0.25, 0.3) is 0 Å². The van der Waals surface area contributed by atoms with Gasteiger partial charge in [0, 0.05) is 5.02 Å². The minimum absolute atomic E-state index is 0.168. The quantitative estimate of drug-likeness (QED) is 0.677. The van der Waals surface area contributed by atoms with Crippen molar-refractivity contribution in [2.75, 3.05) is 6.61 Å². The van der Waals surface area contributed by atoms with Gasteiger partial charge in [-0.25, -0.2) is 5.43 Å². The van der Waals surface area contributed by atoms with Gasteiger partial charge in [-0.2, -0.15) is 10.4 Å². The summed E-state index contributed by atoms with van der Waals surface area (Å²) in [5.74, 6) is 0.130. The highest BCUT2D eigenvalue weighted by molar-refractivity contribution is 6.31. The molecule has 5 nitrogen and oxygen atoms in total. The van der Waals surface area contributed by atoms with Crippen LogP contribution in [0.3, 0.4) is 0 Å². The zero-order chi connectivity index (χ0) is 16.7. The van der Waals surface area contributed by atoms with Gasteiger partial charge in [-0.3, -0.25) is 4.79 Å². The predicted octanol–water partition coefficient (Wildman–Crippen LogP) is 3.13. The van der Waals surface area contributed by atoms with Crippen molar-refractivity contribution in [3.05, 3.63) is 64.7 Å². The van der Waals surface area contributed by atoms with Gasteiger partial charge >= 0.3 is 0 Å². The average Bonchev–Trinajstić information content (AvgIpc) is 2.58. The second kappa shape index (κ2) is 7.97. The van der Waals surface area contributed by atoms with Crippen LogP contribution in [0.15, 0.2) is 53.6 Å². The van der Waals surface area contributed by atoms with E-state index in [0.717, 1.165) is 5.56 Å². The maximum atomic E-state index is 11.7. The van der Waals surface area contributed by atoms with E-state index >= 15 is 0 Å². The first-order valence-corrected chi connectivity index (χ1v) is 7.18. The highest BCUT2D eigenvalue weighted by Gasteiger charge is 2.03. The summed E-state index contributed by atoms with van der Waals surface area (Å²) in [5, 5.41) is 13.3. The Morgan fingerprint density at radius 1 is 1.30 bits per heavy atom. The van der Waals surface area contributed by atoms with Crippen LogP contribution in [0.4, 0.5) is 0 Å². The zero-order valence-corrected chi connectivity index (χ0v) is 13.2. The first kappa shape index (κ1) is 16.5. The largest absolute Gasteiger partial charge is 0.484 e. The fourth-order valence-corrected chi connectivity index (χ4v) is 1.92. The van der Waals surface area contributed by atoms with Crippen molar-refractivity contribution in [3.63, 3.8) is 0 Å². The molecular formula is C17H14ClN3O2. The van der Waals surface area contributed by atoms with Crippen LogP contribution in [0.2, 0.25) is 5.02 Å². The standard InChI is InChI=1S/C17H14ClN3O2/c1-12(14-3-2-4-15(18)9-14)20-21-17(22)11-23-16-7-5-13(10-19)6-8-16/h2-9H,11H2,1H3,(H,21,22)/b20-12+. The normalized spacial score (nSPS) is 10.7. The van der Waals surface area contributed by atoms with Gasteiger partial charge in [0.05, 0.1) is 17.3 Å². The molecule has 6 heteroatoms. The molecule has 0 aliphatic carbocycles. The number of amides is 1. The van der Waals surface area contributed by atoms with Gasteiger partial charge in [-0.05, 0) is 48.9 Å². The maximum absolute atomic E-state index is 11.7. The molecule has 0 heterocycles. The number of carbonyl (C=O) groups excluding carboxylic acids is 1. The van der Waals surface area contributed by atoms with E-state index < -0.39 is 0 Å². The molecule has 0 aromatic heterocycles. The molecule has 0 saturated carbocycles. The van der Waals surface area contributed by atoms with Crippen LogP contribution in [0.5, 0.6) is 5.75 Å². The van der Waals surface area contributed by atoms with Gasteiger partial charge in [-0.1, -0.05) is 23.7 Å². The molecule has 2 aromatic rings. The van der Waals surface area contributed by atoms with Gasteiger partial charge < -0.3 is 4.74 Å². The number of carbonyl (C=O) groups is 1. The van der Waals surface area contributed by atoms with E-state index in [9.17, 15) is 4.79 Å². The summed E-state index contributed by atoms with van der Waals surface area (Å²) < 4.78 is 5.31. The highest BCUT2D eigenvalue weighted by atomic mass is 35.5. The van der Waals surface area contributed by atoms with Crippen LogP contribution < -0.4 is 10.2 Å². The van der Waals surface area contributed by atoms with Crippen molar-refractivity contribution in [1.82, 2.24) is 5.43 Å². The van der Waals surface area contributed by atoms with Gasteiger partial charge in [-0.15, -0.1) is 0 Å². The molecular weight excluding hydrogens is 314 g/mol. The number of nitrogens with zero attached hydrogens (tertiary/aromatic N) is 2. The molecule has 0 aliphatic heterocycles. The summed E-state index contributed by atoms with van der Waals surface area (Å²) in [6, 6.07) is 15.7. The van der Waals surface area contributed by atoms with Crippen LogP contribution in [0.1, 0.15) is 18.1 Å². The summed E-state index contributed by atoms with van der Waals surface area (Å²) >= 11 is 5.91. The van der Waals surface area contributed by atoms with Crippen LogP contribution in [0, 0.1) is 11.3 Å². The third-order valence-corrected chi connectivity index (χ3v) is 3.18. The lowest BCUT2D eigenvalue weighted by atomic mass is 10.1. The lowest BCUT2D eigenvalue weighted by molar-refractivity contribution is -0.123. The molecule has 0 bridgehead atoms. The first-order valence-electron chi connectivity index (χ1n) is 6.80. The molecule has 23 heavy (non-hydrogen) atoms. The molecule has 2 rings (SSSR count). The lowest BCUT2D eigenvalue weighted by Crippen LogP contribution is -2.25. The van der Waals surface area contributed by atoms with Crippen molar-refractivity contribution in [1.29, 1.82) is 5.26 Å². The minimum Gasteiger partial charge on any atom is -0.484 e. The third kappa shape index (κ3) is 5.13. The van der Waals surface area contributed by atoms with E-state index in [2.05, 4.69) is 10.5 Å². The van der Waals surface area contributed by atoms with E-state index in [1.165, 1.54) is 0 Å². The van der Waals surface area contributed by atoms with Crippen molar-refractivity contribution in [2.45, 2.75) is 6.92 Å². The topological polar surface area (TPSA) is 74.5 Å². The van der Waals surface area contributed by atoms with E-state index in [4.69, 9.17) is 21.6 Å². The first-order chi connectivity index (χ1) is 11.1. The van der Waals surface area contributed by atoms with Crippen molar-refractivity contribution < 1.29 is 9.53 Å². The van der Waals surface area contributed by atoms with Gasteiger partial charge in [0.1, 0.15) is 5.75 Å². The summed E-state index contributed by atoms with van der Waals surface area (Å²) in [7, 11) is 0. The van der Waals surface area contributed by atoms with E-state index in [-0.39, 0.29) is 12.5 Å². The number of ether oxygens (including phenoxy) is 1. The monoisotopic (exact) mass is 327 g/mol. The number of benzene rings is 2. The SMILES string of the molecule is C/C(=N\NC(=O)COc1ccc(C#N)cc1)c1cccc(Cl)c1. The second-order valence-corrected chi connectivity index (χ2v) is 5.10. The number of hydrogen-bond donors (Lipinski definition) is 1. The Morgan fingerprint density at radius 3 is 2.70 bits per heavy atom. The van der Waals surface area contributed by atoms with Crippen molar-refractivity contribution in [3.8, 4) is 11.8 Å². The smallest absolute Gasteiger partial charge is 0.277 e. The van der Waals surface area contributed by atoms with Crippen molar-refractivity contribution in [2.24, 2.45) is 5.10 Å². The van der Waals surface area contributed by atoms with Crippen LogP contribution >= 0.6 is 11.6 Å². The Bertz CT molecular complexity index is 764. The molecule has 0 aliphatic rings. The van der Waals surface area contributed by atoms with E-state index in [0.29, 0.717) is 22.0 Å². The molecule has 1 N–H and O–H groups in total. The number of hydrogen-bond acceptors (Lipinski definition) is 4. The van der Waals surface area contributed by atoms with Gasteiger partial charge in [0.15, 0.2) is 6.61 Å². The molecule has 0 fully saturated rings. The molecule has 116 valence electrons. The Morgan fingerprint density at radius 2 is 2.04 bits per heavy atom. The number of rotatable bonds is 5. The maximum Gasteiger partial charge on any atom is 0.277 e. The molecule has 0 atom stereocenters. The van der Waals surface area contributed by atoms with Crippen molar-refractivity contribution >= 4 is 23.2 Å². The highest BCUT2D eigenvalue weighted by Crippen LogP contribution is 2.12. The molecule has 0 spiro atoms. The number of nitriles is 1. The molecule has 2 aromatic carbocycles. The molecule has 0 saturated heterocycles. The lowest BCUT2D eigenvalue weighted by Gasteiger charge is -2.06. The molecule has 0 unspecified atom stereocenters. The molecule has 1 amide bonds. The third-order valence-electron chi connectivity index (χ3n) is 2.94. The Labute approximate surface area is 139 Å². The zero-order valence-electron chi connectivity index (χ0n) is 12.4. The number of halogens is 1. The summed E-state index contributed by atoms with van der Waals surface area (Å²) in [5.41, 5.74) is 4.42. The number of nitrogens with one attached hydrogen (secondary N) is 1. The van der Waals surface area contributed by atoms with E-state index in [1.807, 2.05) is 18.2 Å². The fourth-order valence-electron chi connectivity index (χ4n) is 1.73. The average molecular weight is 328 g/mol. The summed E-state index contributed by atoms with van der Waals surface area (Å²) in [4.78, 5) is 11.7. The molecule has 0 radical (unpaired) electrons. The fraction of sp³-hybridized carbons (Fsp3) is 0.118. The van der Waals surface area contributed by atoms with E-state index in [1.54, 1.807) is 43.3 Å². The Hall–Kier alpha value is -2.84. The number of hydrazone groups is 1. The minimum atomic E-state index is -0.379. The van der Waals surface area contributed by atoms with Crippen LogP contribution in [-0.2, 0) is 4.79 Å². The Balaban J connectivity index is 1.87. The second-order valence-electron chi connectivity index (χ2n) is 4.67. The van der Waals surface area contributed by atoms with Crippen LogP contribution in [-0.4, -0.2) is 18.2 Å². The Kier molecular flexibility index (Phi) is 5.73. The predicted molar refractivity (Wildman–Crippen MR) is 88.5 cm³/mol.